The second-order valence-electron chi connectivity index (χ2n) is 4.35. The minimum absolute atomic E-state index is 0.0356. The smallest absolute Gasteiger partial charge is 0.0549 e. The van der Waals surface area contributed by atoms with Gasteiger partial charge in [-0.2, -0.15) is 0 Å². The van der Waals surface area contributed by atoms with Crippen molar-refractivity contribution >= 4 is 33.2 Å². The van der Waals surface area contributed by atoms with Gasteiger partial charge in [-0.3, -0.25) is 0 Å². The minimum atomic E-state index is -0.0356. The van der Waals surface area contributed by atoms with Crippen molar-refractivity contribution in [1.82, 2.24) is 0 Å². The Hall–Kier alpha value is -0.250. The quantitative estimate of drug-likeness (QED) is 0.818. The predicted octanol–water partition coefficient (Wildman–Crippen LogP) is 4.31. The summed E-state index contributed by atoms with van der Waals surface area (Å²) < 4.78 is 0.881. The van der Waals surface area contributed by atoms with Crippen LogP contribution in [-0.4, -0.2) is 18.3 Å². The van der Waals surface area contributed by atoms with Gasteiger partial charge < -0.3 is 10.4 Å². The molecule has 1 rings (SSSR count). The Bertz CT molecular complexity index is 358. The number of halogens is 2. The standard InChI is InChI=1S/C13H19BrClNO/c1-3-13(4-2,9-17)8-16-10-5-6-12(15)11(14)7-10/h5-7,16-17H,3-4,8-9H2,1-2H3. The van der Waals surface area contributed by atoms with Crippen LogP contribution in [0.2, 0.25) is 5.02 Å². The number of hydrogen-bond donors (Lipinski definition) is 2. The number of anilines is 1. The van der Waals surface area contributed by atoms with Crippen LogP contribution < -0.4 is 5.32 Å². The Morgan fingerprint density at radius 1 is 1.35 bits per heavy atom. The number of rotatable bonds is 6. The summed E-state index contributed by atoms with van der Waals surface area (Å²) in [4.78, 5) is 0. The highest BCUT2D eigenvalue weighted by atomic mass is 79.9. The van der Waals surface area contributed by atoms with Gasteiger partial charge in [-0.1, -0.05) is 25.4 Å². The average Bonchev–Trinajstić information content (AvgIpc) is 2.36. The van der Waals surface area contributed by atoms with Gasteiger partial charge in [0, 0.05) is 22.1 Å². The van der Waals surface area contributed by atoms with Gasteiger partial charge in [0.05, 0.1) is 11.6 Å². The van der Waals surface area contributed by atoms with Crippen LogP contribution >= 0.6 is 27.5 Å². The number of nitrogens with one attached hydrogen (secondary N) is 1. The molecule has 0 aromatic heterocycles. The molecular weight excluding hydrogens is 302 g/mol. The molecule has 0 saturated carbocycles. The maximum atomic E-state index is 9.48. The summed E-state index contributed by atoms with van der Waals surface area (Å²) in [6.45, 7) is 5.20. The van der Waals surface area contributed by atoms with E-state index in [1.54, 1.807) is 0 Å². The van der Waals surface area contributed by atoms with E-state index in [4.69, 9.17) is 11.6 Å². The molecule has 4 heteroatoms. The first-order chi connectivity index (χ1) is 8.06. The van der Waals surface area contributed by atoms with E-state index < -0.39 is 0 Å². The molecule has 0 bridgehead atoms. The van der Waals surface area contributed by atoms with Crippen molar-refractivity contribution in [3.63, 3.8) is 0 Å². The highest BCUT2D eigenvalue weighted by molar-refractivity contribution is 9.10. The topological polar surface area (TPSA) is 32.3 Å². The van der Waals surface area contributed by atoms with E-state index in [9.17, 15) is 5.11 Å². The van der Waals surface area contributed by atoms with Crippen LogP contribution in [0.5, 0.6) is 0 Å². The summed E-state index contributed by atoms with van der Waals surface area (Å²) in [6, 6.07) is 5.75. The maximum Gasteiger partial charge on any atom is 0.0549 e. The molecule has 0 amide bonds. The largest absolute Gasteiger partial charge is 0.396 e. The van der Waals surface area contributed by atoms with Crippen LogP contribution in [0.1, 0.15) is 26.7 Å². The summed E-state index contributed by atoms with van der Waals surface area (Å²) >= 11 is 9.33. The highest BCUT2D eigenvalue weighted by Gasteiger charge is 2.24. The molecule has 0 radical (unpaired) electrons. The molecule has 0 aliphatic heterocycles. The third-order valence-electron chi connectivity index (χ3n) is 3.42. The SMILES string of the molecule is CCC(CC)(CO)CNc1ccc(Cl)c(Br)c1. The van der Waals surface area contributed by atoms with E-state index in [2.05, 4.69) is 35.1 Å². The van der Waals surface area contributed by atoms with E-state index in [0.29, 0.717) is 5.02 Å². The van der Waals surface area contributed by atoms with Gasteiger partial charge in [-0.15, -0.1) is 0 Å². The first-order valence-corrected chi connectivity index (χ1v) is 7.04. The number of aliphatic hydroxyl groups is 1. The van der Waals surface area contributed by atoms with Crippen LogP contribution in [0, 0.1) is 5.41 Å². The zero-order valence-corrected chi connectivity index (χ0v) is 12.6. The fourth-order valence-electron chi connectivity index (χ4n) is 1.68. The molecule has 17 heavy (non-hydrogen) atoms. The number of benzene rings is 1. The van der Waals surface area contributed by atoms with Crippen molar-refractivity contribution in [2.75, 3.05) is 18.5 Å². The molecule has 1 aromatic rings. The van der Waals surface area contributed by atoms with Crippen LogP contribution in [0.15, 0.2) is 22.7 Å². The molecule has 0 aliphatic carbocycles. The van der Waals surface area contributed by atoms with Crippen molar-refractivity contribution in [3.05, 3.63) is 27.7 Å². The summed E-state index contributed by atoms with van der Waals surface area (Å²) in [5.41, 5.74) is 0.979. The van der Waals surface area contributed by atoms with E-state index in [0.717, 1.165) is 29.5 Å². The van der Waals surface area contributed by atoms with Gasteiger partial charge >= 0.3 is 0 Å². The first kappa shape index (κ1) is 14.8. The fraction of sp³-hybridized carbons (Fsp3) is 0.538. The average molecular weight is 321 g/mol. The third kappa shape index (κ3) is 3.87. The summed E-state index contributed by atoms with van der Waals surface area (Å²) in [6.07, 6.45) is 1.92. The van der Waals surface area contributed by atoms with Crippen molar-refractivity contribution in [3.8, 4) is 0 Å². The van der Waals surface area contributed by atoms with Crippen molar-refractivity contribution in [1.29, 1.82) is 0 Å². The molecule has 0 saturated heterocycles. The van der Waals surface area contributed by atoms with Crippen molar-refractivity contribution < 1.29 is 5.11 Å². The molecule has 1 aromatic carbocycles. The molecule has 0 heterocycles. The lowest BCUT2D eigenvalue weighted by atomic mass is 9.83. The Morgan fingerprint density at radius 2 is 2.00 bits per heavy atom. The van der Waals surface area contributed by atoms with Crippen molar-refractivity contribution in [2.45, 2.75) is 26.7 Å². The number of hydrogen-bond acceptors (Lipinski definition) is 2. The van der Waals surface area contributed by atoms with Crippen LogP contribution in [0.3, 0.4) is 0 Å². The van der Waals surface area contributed by atoms with Gasteiger partial charge in [0.1, 0.15) is 0 Å². The van der Waals surface area contributed by atoms with Crippen LogP contribution in [0.4, 0.5) is 5.69 Å². The van der Waals surface area contributed by atoms with E-state index in [1.807, 2.05) is 18.2 Å². The Balaban J connectivity index is 2.68. The predicted molar refractivity (Wildman–Crippen MR) is 77.7 cm³/mol. The highest BCUT2D eigenvalue weighted by Crippen LogP contribution is 2.29. The van der Waals surface area contributed by atoms with E-state index in [1.165, 1.54) is 0 Å². The van der Waals surface area contributed by atoms with E-state index >= 15 is 0 Å². The summed E-state index contributed by atoms with van der Waals surface area (Å²) in [5.74, 6) is 0. The number of aliphatic hydroxyl groups excluding tert-OH is 1. The van der Waals surface area contributed by atoms with Crippen LogP contribution in [0.25, 0.3) is 0 Å². The molecule has 0 aliphatic rings. The second kappa shape index (κ2) is 6.62. The molecule has 2 nitrogen and oxygen atoms in total. The lowest BCUT2D eigenvalue weighted by Gasteiger charge is -2.30. The van der Waals surface area contributed by atoms with Gasteiger partial charge in [0.2, 0.25) is 0 Å². The molecule has 0 atom stereocenters. The third-order valence-corrected chi connectivity index (χ3v) is 4.64. The molecule has 0 unspecified atom stereocenters. The molecule has 0 spiro atoms. The summed E-state index contributed by atoms with van der Waals surface area (Å²) in [7, 11) is 0. The normalized spacial score (nSPS) is 11.6. The molecular formula is C13H19BrClNO. The van der Waals surface area contributed by atoms with Gasteiger partial charge in [-0.25, -0.2) is 0 Å². The minimum Gasteiger partial charge on any atom is -0.396 e. The second-order valence-corrected chi connectivity index (χ2v) is 5.61. The lowest BCUT2D eigenvalue weighted by molar-refractivity contribution is 0.127. The first-order valence-electron chi connectivity index (χ1n) is 5.86. The van der Waals surface area contributed by atoms with Gasteiger partial charge in [0.15, 0.2) is 0 Å². The zero-order valence-electron chi connectivity index (χ0n) is 10.3. The Kier molecular flexibility index (Phi) is 5.77. The Labute approximate surface area is 117 Å². The summed E-state index contributed by atoms with van der Waals surface area (Å²) in [5, 5.41) is 13.5. The monoisotopic (exact) mass is 319 g/mol. The van der Waals surface area contributed by atoms with Gasteiger partial charge in [0.25, 0.3) is 0 Å². The van der Waals surface area contributed by atoms with E-state index in [-0.39, 0.29) is 12.0 Å². The molecule has 96 valence electrons. The molecule has 0 fully saturated rings. The fourth-order valence-corrected chi connectivity index (χ4v) is 2.17. The zero-order chi connectivity index (χ0) is 12.9. The molecule has 2 N–H and O–H groups in total. The van der Waals surface area contributed by atoms with Crippen molar-refractivity contribution in [2.24, 2.45) is 5.41 Å². The maximum absolute atomic E-state index is 9.48. The lowest BCUT2D eigenvalue weighted by Crippen LogP contribution is -2.32. The Morgan fingerprint density at radius 3 is 2.47 bits per heavy atom. The van der Waals surface area contributed by atoms with Crippen LogP contribution in [-0.2, 0) is 0 Å². The van der Waals surface area contributed by atoms with Gasteiger partial charge in [-0.05, 0) is 47.0 Å².